The summed E-state index contributed by atoms with van der Waals surface area (Å²) in [6, 6.07) is 0. The first kappa shape index (κ1) is 9.53. The summed E-state index contributed by atoms with van der Waals surface area (Å²) < 4.78 is 1.45. The van der Waals surface area contributed by atoms with Crippen LogP contribution in [-0.2, 0) is 16.2 Å². The van der Waals surface area contributed by atoms with Gasteiger partial charge in [0, 0.05) is 13.2 Å². The smallest absolute Gasteiger partial charge is 0.267 e. The summed E-state index contributed by atoms with van der Waals surface area (Å²) >= 11 is 0. The van der Waals surface area contributed by atoms with Gasteiger partial charge in [0.25, 0.3) is 5.91 Å². The summed E-state index contributed by atoms with van der Waals surface area (Å²) in [5.74, 6) is -0.189. The highest BCUT2D eigenvalue weighted by Gasteiger charge is 2.08. The molecule has 0 aliphatic rings. The molecule has 1 aromatic heterocycles. The van der Waals surface area contributed by atoms with Gasteiger partial charge in [-0.2, -0.15) is 5.10 Å². The van der Waals surface area contributed by atoms with E-state index in [1.807, 2.05) is 0 Å². The predicted molar refractivity (Wildman–Crippen MR) is 46.4 cm³/mol. The average molecular weight is 184 g/mol. The van der Waals surface area contributed by atoms with E-state index in [0.29, 0.717) is 5.69 Å². The number of carbonyl (C=O) groups is 1. The van der Waals surface area contributed by atoms with Crippen LogP contribution in [0.25, 0.3) is 0 Å². The van der Waals surface area contributed by atoms with Crippen molar-refractivity contribution in [3.63, 3.8) is 0 Å². The lowest BCUT2D eigenvalue weighted by Crippen LogP contribution is -2.29. The number of hydroxylamine groups is 2. The first-order chi connectivity index (χ1) is 6.13. The Labute approximate surface area is 75.8 Å². The average Bonchev–Trinajstić information content (AvgIpc) is 2.49. The molecule has 1 heterocycles. The van der Waals surface area contributed by atoms with Gasteiger partial charge in [0.05, 0.1) is 19.0 Å². The lowest BCUT2D eigenvalue weighted by Gasteiger charge is -2.12. The molecule has 13 heavy (non-hydrogen) atoms. The maximum absolute atomic E-state index is 11.3. The van der Waals surface area contributed by atoms with Crippen LogP contribution >= 0.6 is 0 Å². The zero-order chi connectivity index (χ0) is 9.84. The highest BCUT2D eigenvalue weighted by atomic mass is 16.7. The molecule has 1 amide bonds. The molecule has 1 aromatic rings. The van der Waals surface area contributed by atoms with Crippen LogP contribution in [-0.4, -0.2) is 34.9 Å². The van der Waals surface area contributed by atoms with Crippen molar-refractivity contribution in [2.75, 3.05) is 19.9 Å². The van der Waals surface area contributed by atoms with Crippen molar-refractivity contribution in [3.8, 4) is 0 Å². The van der Waals surface area contributed by atoms with Gasteiger partial charge in [0.1, 0.15) is 6.54 Å². The Morgan fingerprint density at radius 1 is 1.85 bits per heavy atom. The predicted octanol–water partition coefficient (Wildman–Crippen LogP) is -0.515. The second-order valence-corrected chi connectivity index (χ2v) is 2.55. The summed E-state index contributed by atoms with van der Waals surface area (Å²) in [4.78, 5) is 16.0. The van der Waals surface area contributed by atoms with E-state index >= 15 is 0 Å². The Hall–Kier alpha value is -1.56. The molecule has 1 rings (SSSR count). The van der Waals surface area contributed by atoms with E-state index in [0.717, 1.165) is 5.06 Å². The third-order valence-electron chi connectivity index (χ3n) is 1.58. The number of nitrogens with zero attached hydrogens (tertiary/aromatic N) is 3. The lowest BCUT2D eigenvalue weighted by atomic mass is 10.5. The molecule has 0 aliphatic carbocycles. The first-order valence-corrected chi connectivity index (χ1v) is 3.72. The van der Waals surface area contributed by atoms with Crippen LogP contribution in [0.15, 0.2) is 12.4 Å². The van der Waals surface area contributed by atoms with Gasteiger partial charge >= 0.3 is 0 Å². The van der Waals surface area contributed by atoms with Crippen LogP contribution in [0.1, 0.15) is 0 Å². The molecule has 72 valence electrons. The molecule has 0 fully saturated rings. The number of hydrogen-bond donors (Lipinski definition) is 1. The van der Waals surface area contributed by atoms with E-state index in [1.165, 1.54) is 25.0 Å². The van der Waals surface area contributed by atoms with Crippen molar-refractivity contribution < 1.29 is 9.63 Å². The monoisotopic (exact) mass is 184 g/mol. The summed E-state index contributed by atoms with van der Waals surface area (Å²) in [5, 5.41) is 5.00. The Balaban J connectivity index is 2.54. The van der Waals surface area contributed by atoms with Gasteiger partial charge in [-0.3, -0.25) is 14.3 Å². The summed E-state index contributed by atoms with van der Waals surface area (Å²) in [6.45, 7) is 0.127. The van der Waals surface area contributed by atoms with Crippen LogP contribution in [0.3, 0.4) is 0 Å². The third kappa shape index (κ3) is 2.45. The SMILES string of the molecule is CON(C)C(=O)Cn1cc(N)cn1. The zero-order valence-electron chi connectivity index (χ0n) is 7.60. The minimum Gasteiger partial charge on any atom is -0.396 e. The van der Waals surface area contributed by atoms with Crippen molar-refractivity contribution in [2.45, 2.75) is 6.54 Å². The van der Waals surface area contributed by atoms with Crippen molar-refractivity contribution in [1.82, 2.24) is 14.8 Å². The minimum atomic E-state index is -0.189. The van der Waals surface area contributed by atoms with Crippen molar-refractivity contribution in [2.24, 2.45) is 0 Å². The second kappa shape index (κ2) is 3.90. The Bertz CT molecular complexity index is 296. The van der Waals surface area contributed by atoms with E-state index in [2.05, 4.69) is 5.10 Å². The van der Waals surface area contributed by atoms with Crippen LogP contribution in [0, 0.1) is 0 Å². The first-order valence-electron chi connectivity index (χ1n) is 3.72. The zero-order valence-corrected chi connectivity index (χ0v) is 7.60. The van der Waals surface area contributed by atoms with E-state index < -0.39 is 0 Å². The topological polar surface area (TPSA) is 73.4 Å². The number of nitrogens with two attached hydrogens (primary N) is 1. The second-order valence-electron chi connectivity index (χ2n) is 2.55. The molecule has 0 unspecified atom stereocenters. The quantitative estimate of drug-likeness (QED) is 0.642. The molecule has 0 saturated heterocycles. The van der Waals surface area contributed by atoms with Crippen molar-refractivity contribution in [3.05, 3.63) is 12.4 Å². The Morgan fingerprint density at radius 3 is 3.00 bits per heavy atom. The van der Waals surface area contributed by atoms with E-state index in [-0.39, 0.29) is 12.5 Å². The van der Waals surface area contributed by atoms with Gasteiger partial charge < -0.3 is 5.73 Å². The number of anilines is 1. The van der Waals surface area contributed by atoms with Gasteiger partial charge in [-0.25, -0.2) is 5.06 Å². The van der Waals surface area contributed by atoms with Crippen LogP contribution in [0.2, 0.25) is 0 Å². The minimum absolute atomic E-state index is 0.127. The van der Waals surface area contributed by atoms with Gasteiger partial charge in [-0.15, -0.1) is 0 Å². The summed E-state index contributed by atoms with van der Waals surface area (Å²) in [6.07, 6.45) is 3.07. The number of hydrogen-bond acceptors (Lipinski definition) is 4. The molecule has 0 bridgehead atoms. The molecule has 0 atom stereocenters. The van der Waals surface area contributed by atoms with Crippen molar-refractivity contribution in [1.29, 1.82) is 0 Å². The standard InChI is InChI=1S/C7H12N4O2/c1-10(13-2)7(12)5-11-4-6(8)3-9-11/h3-4H,5,8H2,1-2H3. The highest BCUT2D eigenvalue weighted by molar-refractivity contribution is 5.74. The number of rotatable bonds is 3. The fraction of sp³-hybridized carbons (Fsp3) is 0.429. The fourth-order valence-corrected chi connectivity index (χ4v) is 0.806. The van der Waals surface area contributed by atoms with Crippen molar-refractivity contribution >= 4 is 11.6 Å². The largest absolute Gasteiger partial charge is 0.396 e. The van der Waals surface area contributed by atoms with Gasteiger partial charge in [-0.05, 0) is 0 Å². The molecular weight excluding hydrogens is 172 g/mol. The molecule has 0 aliphatic heterocycles. The summed E-state index contributed by atoms with van der Waals surface area (Å²) in [7, 11) is 2.96. The van der Waals surface area contributed by atoms with E-state index in [9.17, 15) is 4.79 Å². The van der Waals surface area contributed by atoms with Gasteiger partial charge in [0.15, 0.2) is 0 Å². The normalized spacial score (nSPS) is 10.0. The highest BCUT2D eigenvalue weighted by Crippen LogP contribution is 1.98. The van der Waals surface area contributed by atoms with E-state index in [4.69, 9.17) is 10.6 Å². The molecule has 2 N–H and O–H groups in total. The summed E-state index contributed by atoms with van der Waals surface area (Å²) in [5.41, 5.74) is 5.96. The number of likely N-dealkylation sites (N-methyl/N-ethyl adjacent to an activating group) is 1. The number of amides is 1. The molecule has 0 radical (unpaired) electrons. The van der Waals surface area contributed by atoms with Crippen LogP contribution in [0.4, 0.5) is 5.69 Å². The van der Waals surface area contributed by atoms with Crippen LogP contribution < -0.4 is 5.73 Å². The van der Waals surface area contributed by atoms with Gasteiger partial charge in [-0.1, -0.05) is 0 Å². The Kier molecular flexibility index (Phi) is 2.86. The molecule has 0 saturated carbocycles. The molecule has 6 heteroatoms. The maximum Gasteiger partial charge on any atom is 0.267 e. The fourth-order valence-electron chi connectivity index (χ4n) is 0.806. The van der Waals surface area contributed by atoms with Gasteiger partial charge in [0.2, 0.25) is 0 Å². The molecular formula is C7H12N4O2. The number of aromatic nitrogens is 2. The molecule has 0 spiro atoms. The van der Waals surface area contributed by atoms with E-state index in [1.54, 1.807) is 6.20 Å². The molecule has 6 nitrogen and oxygen atoms in total. The Morgan fingerprint density at radius 2 is 2.54 bits per heavy atom. The molecule has 0 aromatic carbocycles. The number of nitrogen functional groups attached to an aromatic ring is 1. The number of carbonyl (C=O) groups excluding carboxylic acids is 1. The lowest BCUT2D eigenvalue weighted by molar-refractivity contribution is -0.169. The van der Waals surface area contributed by atoms with Crippen LogP contribution in [0.5, 0.6) is 0 Å². The maximum atomic E-state index is 11.3. The third-order valence-corrected chi connectivity index (χ3v) is 1.58.